The molecular formula is C27H25N5O3. The van der Waals surface area contributed by atoms with Gasteiger partial charge in [0, 0.05) is 18.3 Å². The normalized spacial score (nSPS) is 13.3. The van der Waals surface area contributed by atoms with E-state index >= 15 is 0 Å². The molecule has 176 valence electrons. The predicted molar refractivity (Wildman–Crippen MR) is 137 cm³/mol. The molecule has 1 aliphatic rings. The van der Waals surface area contributed by atoms with Crippen molar-refractivity contribution in [3.8, 4) is 5.75 Å². The number of fused-ring (bicyclic) bond motifs is 2. The summed E-state index contributed by atoms with van der Waals surface area (Å²) in [4.78, 5) is 32.1. The fourth-order valence-electron chi connectivity index (χ4n) is 4.04. The molecule has 4 N–H and O–H groups in total. The Labute approximate surface area is 202 Å². The molecule has 5 rings (SSSR count). The molecular weight excluding hydrogens is 442 g/mol. The number of rotatable bonds is 7. The van der Waals surface area contributed by atoms with Gasteiger partial charge in [-0.3, -0.25) is 9.59 Å². The number of carbonyl (C=O) groups excluding carboxylic acids is 1. The molecule has 1 amide bonds. The molecule has 0 aliphatic carbocycles. The maximum Gasteiger partial charge on any atom is 0.262 e. The molecule has 8 heteroatoms. The molecule has 4 aromatic rings. The fraction of sp³-hybridized carbons (Fsp3) is 0.148. The summed E-state index contributed by atoms with van der Waals surface area (Å²) in [5.74, 6) is 0.820. The Morgan fingerprint density at radius 2 is 1.94 bits per heavy atom. The molecule has 2 heterocycles. The van der Waals surface area contributed by atoms with Crippen molar-refractivity contribution in [3.05, 3.63) is 101 Å². The first-order valence-electron chi connectivity index (χ1n) is 11.3. The zero-order valence-corrected chi connectivity index (χ0v) is 19.2. The Morgan fingerprint density at radius 3 is 2.77 bits per heavy atom. The predicted octanol–water partition coefficient (Wildman–Crippen LogP) is 4.19. The number of ether oxygens (including phenoxy) is 1. The van der Waals surface area contributed by atoms with Gasteiger partial charge in [0.15, 0.2) is 12.4 Å². The molecule has 0 spiro atoms. The summed E-state index contributed by atoms with van der Waals surface area (Å²) in [7, 11) is 0. The van der Waals surface area contributed by atoms with E-state index in [0.29, 0.717) is 40.4 Å². The number of nitrogens with one attached hydrogen (secondary N) is 4. The van der Waals surface area contributed by atoms with Crippen LogP contribution >= 0.6 is 0 Å². The minimum atomic E-state index is -0.245. The van der Waals surface area contributed by atoms with E-state index in [4.69, 9.17) is 4.74 Å². The number of amides is 1. The molecule has 1 aliphatic heterocycles. The highest BCUT2D eigenvalue weighted by Gasteiger charge is 2.16. The number of nitrogens with zero attached hydrogens (tertiary/aromatic N) is 1. The van der Waals surface area contributed by atoms with E-state index in [1.165, 1.54) is 0 Å². The smallest absolute Gasteiger partial charge is 0.262 e. The van der Waals surface area contributed by atoms with Crippen molar-refractivity contribution < 1.29 is 9.53 Å². The molecule has 35 heavy (non-hydrogen) atoms. The number of anilines is 2. The van der Waals surface area contributed by atoms with Gasteiger partial charge < -0.3 is 25.7 Å². The summed E-state index contributed by atoms with van der Waals surface area (Å²) in [5, 5.41) is 9.92. The van der Waals surface area contributed by atoms with E-state index in [1.807, 2.05) is 73.7 Å². The lowest BCUT2D eigenvalue weighted by atomic mass is 10.1. The number of H-pyrrole nitrogens is 1. The third-order valence-electron chi connectivity index (χ3n) is 5.87. The van der Waals surface area contributed by atoms with Crippen LogP contribution in [0, 0.1) is 0 Å². The maximum absolute atomic E-state index is 13.0. The first-order valence-corrected chi connectivity index (χ1v) is 11.3. The number of hydrogen-bond acceptors (Lipinski definition) is 6. The monoisotopic (exact) mass is 467 g/mol. The summed E-state index contributed by atoms with van der Waals surface area (Å²) in [6, 6.07) is 21.2. The van der Waals surface area contributed by atoms with Crippen molar-refractivity contribution in [3.63, 3.8) is 0 Å². The van der Waals surface area contributed by atoms with Crippen LogP contribution in [-0.4, -0.2) is 22.5 Å². The van der Waals surface area contributed by atoms with E-state index in [-0.39, 0.29) is 24.1 Å². The molecule has 8 nitrogen and oxygen atoms in total. The van der Waals surface area contributed by atoms with Gasteiger partial charge in [-0.25, -0.2) is 4.98 Å². The van der Waals surface area contributed by atoms with E-state index in [2.05, 4.69) is 32.5 Å². The minimum Gasteiger partial charge on any atom is -0.482 e. The van der Waals surface area contributed by atoms with Crippen LogP contribution in [0.2, 0.25) is 0 Å². The molecule has 1 atom stereocenters. The first kappa shape index (κ1) is 22.2. The van der Waals surface area contributed by atoms with Crippen LogP contribution in [0.4, 0.5) is 11.4 Å². The van der Waals surface area contributed by atoms with E-state index in [0.717, 1.165) is 16.8 Å². The molecule has 3 aromatic carbocycles. The molecule has 0 bridgehead atoms. The average molecular weight is 468 g/mol. The van der Waals surface area contributed by atoms with Crippen LogP contribution in [-0.2, 0) is 11.3 Å². The van der Waals surface area contributed by atoms with Gasteiger partial charge in [-0.05, 0) is 42.3 Å². The Balaban J connectivity index is 1.34. The van der Waals surface area contributed by atoms with Gasteiger partial charge in [-0.1, -0.05) is 49.0 Å². The third-order valence-corrected chi connectivity index (χ3v) is 5.87. The van der Waals surface area contributed by atoms with Gasteiger partial charge in [0.1, 0.15) is 5.75 Å². The van der Waals surface area contributed by atoms with Gasteiger partial charge >= 0.3 is 0 Å². The number of aromatic nitrogens is 2. The average Bonchev–Trinajstić information content (AvgIpc) is 2.87. The lowest BCUT2D eigenvalue weighted by Gasteiger charge is -2.19. The second kappa shape index (κ2) is 9.34. The lowest BCUT2D eigenvalue weighted by Crippen LogP contribution is -2.25. The highest BCUT2D eigenvalue weighted by molar-refractivity contribution is 5.95. The molecule has 0 unspecified atom stereocenters. The number of carbonyl (C=O) groups is 1. The van der Waals surface area contributed by atoms with Crippen LogP contribution in [0.25, 0.3) is 16.6 Å². The quantitative estimate of drug-likeness (QED) is 0.325. The van der Waals surface area contributed by atoms with Crippen LogP contribution in [0.15, 0.2) is 78.1 Å². The summed E-state index contributed by atoms with van der Waals surface area (Å²) < 4.78 is 5.39. The second-order valence-electron chi connectivity index (χ2n) is 8.39. The van der Waals surface area contributed by atoms with E-state index in [9.17, 15) is 9.59 Å². The van der Waals surface area contributed by atoms with E-state index in [1.54, 1.807) is 0 Å². The highest BCUT2D eigenvalue weighted by Crippen LogP contribution is 2.29. The molecule has 0 saturated heterocycles. The van der Waals surface area contributed by atoms with Crippen LogP contribution in [0.3, 0.4) is 0 Å². The van der Waals surface area contributed by atoms with Crippen molar-refractivity contribution in [2.75, 3.05) is 17.2 Å². The molecule has 0 saturated carbocycles. The van der Waals surface area contributed by atoms with Crippen molar-refractivity contribution in [1.82, 2.24) is 15.3 Å². The van der Waals surface area contributed by atoms with Gasteiger partial charge in [-0.15, -0.1) is 0 Å². The SMILES string of the molecule is C=C(NCc1ccc2c(c1)NC(=O)CO2)c1nc2cccc(N[C@H](C)c3ccccc3)c2c(=O)[nH]1. The van der Waals surface area contributed by atoms with Crippen molar-refractivity contribution >= 4 is 33.9 Å². The lowest BCUT2D eigenvalue weighted by molar-refractivity contribution is -0.118. The number of benzene rings is 3. The third kappa shape index (κ3) is 4.72. The van der Waals surface area contributed by atoms with Crippen LogP contribution in [0.1, 0.15) is 29.9 Å². The first-order chi connectivity index (χ1) is 17.0. The van der Waals surface area contributed by atoms with Crippen molar-refractivity contribution in [2.45, 2.75) is 19.5 Å². The summed E-state index contributed by atoms with van der Waals surface area (Å²) in [6.07, 6.45) is 0. The highest BCUT2D eigenvalue weighted by atomic mass is 16.5. The summed E-state index contributed by atoms with van der Waals surface area (Å²) in [6.45, 7) is 6.54. The molecule has 0 fully saturated rings. The van der Waals surface area contributed by atoms with Crippen molar-refractivity contribution in [1.29, 1.82) is 0 Å². The Morgan fingerprint density at radius 1 is 1.11 bits per heavy atom. The van der Waals surface area contributed by atoms with Crippen LogP contribution < -0.4 is 26.2 Å². The summed E-state index contributed by atoms with van der Waals surface area (Å²) >= 11 is 0. The van der Waals surface area contributed by atoms with Gasteiger partial charge in [-0.2, -0.15) is 0 Å². The molecule has 1 aromatic heterocycles. The van der Waals surface area contributed by atoms with Crippen molar-refractivity contribution in [2.24, 2.45) is 0 Å². The van der Waals surface area contributed by atoms with Gasteiger partial charge in [0.25, 0.3) is 11.5 Å². The van der Waals surface area contributed by atoms with Crippen LogP contribution in [0.5, 0.6) is 5.75 Å². The Kier molecular flexibility index (Phi) is 5.93. The fourth-order valence-corrected chi connectivity index (χ4v) is 4.04. The van der Waals surface area contributed by atoms with Gasteiger partial charge in [0.2, 0.25) is 0 Å². The zero-order valence-electron chi connectivity index (χ0n) is 19.2. The molecule has 0 radical (unpaired) electrons. The maximum atomic E-state index is 13.0. The minimum absolute atomic E-state index is 0.0179. The second-order valence-corrected chi connectivity index (χ2v) is 8.39. The Bertz CT molecular complexity index is 1480. The number of hydrogen-bond donors (Lipinski definition) is 4. The zero-order chi connectivity index (χ0) is 24.4. The van der Waals surface area contributed by atoms with E-state index < -0.39 is 0 Å². The summed E-state index contributed by atoms with van der Waals surface area (Å²) in [5.41, 5.74) is 4.20. The topological polar surface area (TPSA) is 108 Å². The largest absolute Gasteiger partial charge is 0.482 e. The number of aromatic amines is 1. The Hall–Kier alpha value is -4.59. The standard InChI is InChI=1S/C27H25N5O3/c1-16(19-7-4-3-5-8-19)29-20-9-6-10-21-25(20)27(34)32-26(31-21)17(2)28-14-18-11-12-23-22(13-18)30-24(33)15-35-23/h3-13,16,28-29H,2,14-15H2,1H3,(H,30,33)(H,31,32,34)/t16-/m1/s1. The van der Waals surface area contributed by atoms with Gasteiger partial charge in [0.05, 0.1) is 22.3 Å².